The highest BCUT2D eigenvalue weighted by Crippen LogP contribution is 2.29. The second kappa shape index (κ2) is 8.99. The Labute approximate surface area is 169 Å². The molecule has 152 valence electrons. The molecule has 7 nitrogen and oxygen atoms in total. The van der Waals surface area contributed by atoms with Crippen molar-refractivity contribution in [1.29, 1.82) is 0 Å². The number of nitrogens with zero attached hydrogens (tertiary/aromatic N) is 3. The maximum absolute atomic E-state index is 12.8. The highest BCUT2D eigenvalue weighted by atomic mass is 32.2. The zero-order valence-electron chi connectivity index (χ0n) is 15.8. The number of anilines is 1. The topological polar surface area (TPSA) is 92.7 Å². The van der Waals surface area contributed by atoms with Crippen molar-refractivity contribution in [1.82, 2.24) is 19.7 Å². The number of rotatable bonds is 7. The molecule has 0 bridgehead atoms. The summed E-state index contributed by atoms with van der Waals surface area (Å²) >= 11 is 0.303. The van der Waals surface area contributed by atoms with Gasteiger partial charge >= 0.3 is 0 Å². The summed E-state index contributed by atoms with van der Waals surface area (Å²) in [4.78, 5) is 31.9. The summed E-state index contributed by atoms with van der Waals surface area (Å²) in [7, 11) is 0. The fraction of sp³-hybridized carbons (Fsp3) is 0.263. The Hall–Kier alpha value is -3.01. The van der Waals surface area contributed by atoms with E-state index in [1.165, 1.54) is 22.9 Å². The summed E-state index contributed by atoms with van der Waals surface area (Å²) in [6.07, 6.45) is 1.44. The summed E-state index contributed by atoms with van der Waals surface area (Å²) < 4.78 is 26.9. The first kappa shape index (κ1) is 20.7. The molecule has 2 N–H and O–H groups in total. The molecule has 0 aliphatic rings. The summed E-state index contributed by atoms with van der Waals surface area (Å²) in [6, 6.07) is 9.13. The number of amides is 1. The SMILES string of the molecule is CCCc1cc(=O)[nH]c(-n2nc(C)cc2NC(=O)c2ccccc2SC(F)F)n1. The largest absolute Gasteiger partial charge is 0.306 e. The van der Waals surface area contributed by atoms with Crippen molar-refractivity contribution < 1.29 is 13.6 Å². The first-order valence-electron chi connectivity index (χ1n) is 8.90. The molecule has 10 heteroatoms. The molecule has 1 amide bonds. The second-order valence-electron chi connectivity index (χ2n) is 6.22. The fourth-order valence-electron chi connectivity index (χ4n) is 2.76. The Bertz CT molecular complexity index is 1080. The molecule has 0 aliphatic carbocycles. The monoisotopic (exact) mass is 419 g/mol. The van der Waals surface area contributed by atoms with Crippen molar-refractivity contribution in [3.8, 4) is 5.95 Å². The van der Waals surface area contributed by atoms with E-state index >= 15 is 0 Å². The van der Waals surface area contributed by atoms with Crippen LogP contribution in [0.4, 0.5) is 14.6 Å². The van der Waals surface area contributed by atoms with Crippen molar-refractivity contribution in [2.24, 2.45) is 0 Å². The van der Waals surface area contributed by atoms with E-state index in [1.54, 1.807) is 25.1 Å². The Morgan fingerprint density at radius 2 is 2.07 bits per heavy atom. The standard InChI is InChI=1S/C19H19F2N5O2S/c1-3-6-12-10-16(27)24-19(22-12)26-15(9-11(2)25-26)23-17(28)13-7-4-5-8-14(13)29-18(20)21/h4-5,7-10,18H,3,6H2,1-2H3,(H,23,28)(H,22,24,27). The number of alkyl halides is 2. The highest BCUT2D eigenvalue weighted by molar-refractivity contribution is 7.99. The minimum Gasteiger partial charge on any atom is -0.306 e. The van der Waals surface area contributed by atoms with Crippen LogP contribution in [0.15, 0.2) is 46.1 Å². The summed E-state index contributed by atoms with van der Waals surface area (Å²) in [5, 5.41) is 6.96. The van der Waals surface area contributed by atoms with Gasteiger partial charge in [-0.3, -0.25) is 14.6 Å². The van der Waals surface area contributed by atoms with E-state index in [0.29, 0.717) is 29.6 Å². The number of benzene rings is 1. The molecule has 0 aliphatic heterocycles. The molecule has 0 unspecified atom stereocenters. The number of H-pyrrole nitrogens is 1. The minimum absolute atomic E-state index is 0.115. The van der Waals surface area contributed by atoms with Gasteiger partial charge in [0.15, 0.2) is 0 Å². The number of hydrogen-bond donors (Lipinski definition) is 2. The summed E-state index contributed by atoms with van der Waals surface area (Å²) in [5.41, 5.74) is 0.974. The summed E-state index contributed by atoms with van der Waals surface area (Å²) in [5.74, 6) is -2.78. The highest BCUT2D eigenvalue weighted by Gasteiger charge is 2.18. The number of carbonyl (C=O) groups excluding carboxylic acids is 1. The third kappa shape index (κ3) is 5.08. The van der Waals surface area contributed by atoms with E-state index in [2.05, 4.69) is 20.4 Å². The van der Waals surface area contributed by atoms with Crippen LogP contribution < -0.4 is 10.9 Å². The molecule has 3 rings (SSSR count). The number of aromatic nitrogens is 4. The van der Waals surface area contributed by atoms with Crippen LogP contribution in [0.3, 0.4) is 0 Å². The van der Waals surface area contributed by atoms with Gasteiger partial charge < -0.3 is 5.32 Å². The molecule has 0 saturated heterocycles. The van der Waals surface area contributed by atoms with Gasteiger partial charge in [-0.2, -0.15) is 18.6 Å². The predicted octanol–water partition coefficient (Wildman–Crippen LogP) is 3.78. The van der Waals surface area contributed by atoms with Gasteiger partial charge in [0.1, 0.15) is 5.82 Å². The van der Waals surface area contributed by atoms with Gasteiger partial charge in [0.05, 0.1) is 11.3 Å². The first-order valence-corrected chi connectivity index (χ1v) is 9.77. The van der Waals surface area contributed by atoms with E-state index in [1.807, 2.05) is 6.92 Å². The lowest BCUT2D eigenvalue weighted by Gasteiger charge is -2.11. The van der Waals surface area contributed by atoms with Crippen molar-refractivity contribution in [2.45, 2.75) is 37.3 Å². The van der Waals surface area contributed by atoms with Gasteiger partial charge in [0.2, 0.25) is 5.95 Å². The Balaban J connectivity index is 1.95. The maximum atomic E-state index is 12.8. The van der Waals surface area contributed by atoms with Crippen LogP contribution in [-0.2, 0) is 6.42 Å². The lowest BCUT2D eigenvalue weighted by Crippen LogP contribution is -2.19. The number of halogens is 2. The Kier molecular flexibility index (Phi) is 6.42. The third-order valence-electron chi connectivity index (χ3n) is 3.91. The van der Waals surface area contributed by atoms with E-state index in [4.69, 9.17) is 0 Å². The van der Waals surface area contributed by atoms with Crippen LogP contribution in [0.5, 0.6) is 0 Å². The maximum Gasteiger partial charge on any atom is 0.288 e. The third-order valence-corrected chi connectivity index (χ3v) is 4.70. The molecule has 3 aromatic rings. The molecule has 1 aromatic carbocycles. The average molecular weight is 419 g/mol. The van der Waals surface area contributed by atoms with Gasteiger partial charge in [-0.15, -0.1) is 0 Å². The van der Waals surface area contributed by atoms with Crippen molar-refractivity contribution in [2.75, 3.05) is 5.32 Å². The molecule has 29 heavy (non-hydrogen) atoms. The van der Waals surface area contributed by atoms with E-state index in [-0.39, 0.29) is 27.8 Å². The molecule has 0 radical (unpaired) electrons. The lowest BCUT2D eigenvalue weighted by atomic mass is 10.2. The molecule has 0 fully saturated rings. The Morgan fingerprint density at radius 3 is 2.79 bits per heavy atom. The van der Waals surface area contributed by atoms with Crippen LogP contribution in [-0.4, -0.2) is 31.4 Å². The Morgan fingerprint density at radius 1 is 1.31 bits per heavy atom. The first-order chi connectivity index (χ1) is 13.9. The number of nitrogens with one attached hydrogen (secondary N) is 2. The second-order valence-corrected chi connectivity index (χ2v) is 7.25. The molecule has 0 atom stereocenters. The molecular weight excluding hydrogens is 400 g/mol. The van der Waals surface area contributed by atoms with Crippen LogP contribution in [0.1, 0.15) is 35.1 Å². The zero-order valence-corrected chi connectivity index (χ0v) is 16.6. The number of thioether (sulfide) groups is 1. The molecule has 0 spiro atoms. The van der Waals surface area contributed by atoms with Crippen molar-refractivity contribution in [3.63, 3.8) is 0 Å². The van der Waals surface area contributed by atoms with Gasteiger partial charge in [-0.1, -0.05) is 37.2 Å². The fourth-order valence-corrected chi connectivity index (χ4v) is 3.40. The van der Waals surface area contributed by atoms with Gasteiger partial charge in [0.25, 0.3) is 17.2 Å². The van der Waals surface area contributed by atoms with Crippen LogP contribution in [0.2, 0.25) is 0 Å². The zero-order chi connectivity index (χ0) is 21.0. The number of hydrogen-bond acceptors (Lipinski definition) is 5. The smallest absolute Gasteiger partial charge is 0.288 e. The lowest BCUT2D eigenvalue weighted by molar-refractivity contribution is 0.102. The average Bonchev–Trinajstić information content (AvgIpc) is 3.01. The van der Waals surface area contributed by atoms with Gasteiger partial charge in [0, 0.05) is 22.7 Å². The van der Waals surface area contributed by atoms with E-state index in [0.717, 1.165) is 6.42 Å². The summed E-state index contributed by atoms with van der Waals surface area (Å²) in [6.45, 7) is 3.70. The molecular formula is C19H19F2N5O2S. The molecule has 2 heterocycles. The number of aromatic amines is 1. The predicted molar refractivity (Wildman–Crippen MR) is 107 cm³/mol. The van der Waals surface area contributed by atoms with Crippen LogP contribution >= 0.6 is 11.8 Å². The normalized spacial score (nSPS) is 11.1. The van der Waals surface area contributed by atoms with E-state index in [9.17, 15) is 18.4 Å². The molecule has 0 saturated carbocycles. The van der Waals surface area contributed by atoms with Crippen molar-refractivity contribution >= 4 is 23.5 Å². The van der Waals surface area contributed by atoms with Gasteiger partial charge in [-0.05, 0) is 25.5 Å². The minimum atomic E-state index is -2.65. The van der Waals surface area contributed by atoms with E-state index < -0.39 is 11.7 Å². The quantitative estimate of drug-likeness (QED) is 0.569. The van der Waals surface area contributed by atoms with Crippen molar-refractivity contribution in [3.05, 3.63) is 63.7 Å². The van der Waals surface area contributed by atoms with Crippen LogP contribution in [0, 0.1) is 6.92 Å². The molecule has 2 aromatic heterocycles. The van der Waals surface area contributed by atoms with Gasteiger partial charge in [-0.25, -0.2) is 4.98 Å². The van der Waals surface area contributed by atoms with Crippen LogP contribution in [0.25, 0.3) is 5.95 Å². The number of aryl methyl sites for hydroxylation is 2. The number of carbonyl (C=O) groups is 1.